The summed E-state index contributed by atoms with van der Waals surface area (Å²) in [6.07, 6.45) is 3.75. The molecule has 9 heteroatoms. The van der Waals surface area contributed by atoms with E-state index in [1.807, 2.05) is 13.8 Å². The molecule has 0 aliphatic rings. The Morgan fingerprint density at radius 1 is 1.12 bits per heavy atom. The lowest BCUT2D eigenvalue weighted by Crippen LogP contribution is -2.09. The number of aryl methyl sites for hydroxylation is 2. The molecule has 0 atom stereocenters. The number of hydrogen-bond acceptors (Lipinski definition) is 4. The molecule has 0 amide bonds. The zero-order valence-electron chi connectivity index (χ0n) is 17.0. The number of H-pyrrole nitrogens is 1. The van der Waals surface area contributed by atoms with Crippen molar-refractivity contribution in [2.75, 3.05) is 4.72 Å². The van der Waals surface area contributed by atoms with Crippen LogP contribution in [-0.4, -0.2) is 15.8 Å². The lowest BCUT2D eigenvalue weighted by Gasteiger charge is -2.11. The summed E-state index contributed by atoms with van der Waals surface area (Å²) in [5, 5.41) is 0.503. The minimum Gasteiger partial charge on any atom is -0.345 e. The van der Waals surface area contributed by atoms with Gasteiger partial charge in [0, 0.05) is 17.8 Å². The summed E-state index contributed by atoms with van der Waals surface area (Å²) in [7, 11) is 0. The van der Waals surface area contributed by atoms with Crippen LogP contribution in [0.15, 0.2) is 47.6 Å². The maximum absolute atomic E-state index is 15.2. The SMILES string of the molecule is CCc1cnc2[nH]cc(C(=O)c3c(F)ccc(NSc4cc(F)ccc4F)c3F)c2c1C. The smallest absolute Gasteiger partial charge is 0.201 e. The Kier molecular flexibility index (Phi) is 5.92. The van der Waals surface area contributed by atoms with E-state index in [-0.39, 0.29) is 16.1 Å². The first-order chi connectivity index (χ1) is 15.3. The van der Waals surface area contributed by atoms with Crippen molar-refractivity contribution in [2.24, 2.45) is 0 Å². The van der Waals surface area contributed by atoms with Gasteiger partial charge in [-0.15, -0.1) is 0 Å². The Labute approximate surface area is 185 Å². The van der Waals surface area contributed by atoms with Crippen molar-refractivity contribution >= 4 is 34.5 Å². The van der Waals surface area contributed by atoms with Gasteiger partial charge < -0.3 is 9.71 Å². The lowest BCUT2D eigenvalue weighted by molar-refractivity contribution is 0.103. The summed E-state index contributed by atoms with van der Waals surface area (Å²) in [5.41, 5.74) is 1.25. The van der Waals surface area contributed by atoms with Gasteiger partial charge in [-0.2, -0.15) is 0 Å². The van der Waals surface area contributed by atoms with E-state index >= 15 is 4.39 Å². The van der Waals surface area contributed by atoms with E-state index in [2.05, 4.69) is 14.7 Å². The summed E-state index contributed by atoms with van der Waals surface area (Å²) >= 11 is 0.607. The first-order valence-corrected chi connectivity index (χ1v) is 10.5. The van der Waals surface area contributed by atoms with Crippen molar-refractivity contribution in [3.63, 3.8) is 0 Å². The van der Waals surface area contributed by atoms with Crippen LogP contribution in [0.25, 0.3) is 11.0 Å². The highest BCUT2D eigenvalue weighted by atomic mass is 32.2. The second kappa shape index (κ2) is 8.66. The first kappa shape index (κ1) is 21.9. The molecule has 4 nitrogen and oxygen atoms in total. The van der Waals surface area contributed by atoms with Gasteiger partial charge in [-0.25, -0.2) is 22.5 Å². The van der Waals surface area contributed by atoms with Gasteiger partial charge in [0.25, 0.3) is 0 Å². The maximum atomic E-state index is 15.2. The molecule has 0 fully saturated rings. The Hall–Kier alpha value is -3.33. The Morgan fingerprint density at radius 2 is 1.88 bits per heavy atom. The van der Waals surface area contributed by atoms with E-state index in [9.17, 15) is 18.0 Å². The number of aromatic nitrogens is 2. The molecule has 2 aromatic carbocycles. The average molecular weight is 459 g/mol. The van der Waals surface area contributed by atoms with Crippen LogP contribution in [0.2, 0.25) is 0 Å². The minimum absolute atomic E-state index is 0.0964. The zero-order chi connectivity index (χ0) is 23.0. The summed E-state index contributed by atoms with van der Waals surface area (Å²) < 4.78 is 59.5. The van der Waals surface area contributed by atoms with E-state index < -0.39 is 34.6 Å². The largest absolute Gasteiger partial charge is 0.345 e. The highest BCUT2D eigenvalue weighted by Crippen LogP contribution is 2.31. The van der Waals surface area contributed by atoms with Gasteiger partial charge in [0.1, 0.15) is 23.1 Å². The molecule has 2 heterocycles. The number of nitrogens with one attached hydrogen (secondary N) is 2. The molecular weight excluding hydrogens is 442 g/mol. The molecule has 4 aromatic rings. The van der Waals surface area contributed by atoms with E-state index in [1.54, 1.807) is 6.20 Å². The maximum Gasteiger partial charge on any atom is 0.201 e. The van der Waals surface area contributed by atoms with Crippen LogP contribution in [0.4, 0.5) is 23.2 Å². The zero-order valence-corrected chi connectivity index (χ0v) is 17.8. The number of hydrogen-bond donors (Lipinski definition) is 2. The Balaban J connectivity index is 1.72. The predicted octanol–water partition coefficient (Wildman–Crippen LogP) is 6.34. The van der Waals surface area contributed by atoms with E-state index in [1.165, 1.54) is 6.20 Å². The topological polar surface area (TPSA) is 57.8 Å². The van der Waals surface area contributed by atoms with Crippen molar-refractivity contribution in [3.8, 4) is 0 Å². The number of ketones is 1. The van der Waals surface area contributed by atoms with Crippen LogP contribution in [0.3, 0.4) is 0 Å². The Bertz CT molecular complexity index is 1350. The third-order valence-electron chi connectivity index (χ3n) is 5.17. The van der Waals surface area contributed by atoms with Crippen molar-refractivity contribution in [2.45, 2.75) is 25.2 Å². The second-order valence-corrected chi connectivity index (χ2v) is 7.93. The predicted molar refractivity (Wildman–Crippen MR) is 116 cm³/mol. The average Bonchev–Trinajstić information content (AvgIpc) is 3.21. The van der Waals surface area contributed by atoms with E-state index in [4.69, 9.17) is 0 Å². The number of nitrogens with zero attached hydrogens (tertiary/aromatic N) is 1. The van der Waals surface area contributed by atoms with Gasteiger partial charge in [0.05, 0.1) is 21.7 Å². The number of anilines is 1. The minimum atomic E-state index is -1.13. The van der Waals surface area contributed by atoms with Gasteiger partial charge in [0.15, 0.2) is 5.82 Å². The van der Waals surface area contributed by atoms with Gasteiger partial charge in [-0.1, -0.05) is 6.92 Å². The quantitative estimate of drug-likeness (QED) is 0.201. The molecule has 4 rings (SSSR count). The first-order valence-electron chi connectivity index (χ1n) is 9.68. The fourth-order valence-corrected chi connectivity index (χ4v) is 4.18. The number of carbonyl (C=O) groups is 1. The van der Waals surface area contributed by atoms with Crippen LogP contribution in [0.5, 0.6) is 0 Å². The molecule has 0 radical (unpaired) electrons. The fraction of sp³-hybridized carbons (Fsp3) is 0.130. The Morgan fingerprint density at radius 3 is 2.62 bits per heavy atom. The number of halogens is 4. The van der Waals surface area contributed by atoms with Gasteiger partial charge in [-0.3, -0.25) is 4.79 Å². The van der Waals surface area contributed by atoms with Crippen LogP contribution in [0.1, 0.15) is 34.0 Å². The van der Waals surface area contributed by atoms with E-state index in [0.29, 0.717) is 29.4 Å². The summed E-state index contributed by atoms with van der Waals surface area (Å²) in [6.45, 7) is 3.76. The van der Waals surface area contributed by atoms with E-state index in [0.717, 1.165) is 41.5 Å². The number of aromatic amines is 1. The number of carbonyl (C=O) groups excluding carboxylic acids is 1. The van der Waals surface area contributed by atoms with Crippen molar-refractivity contribution in [1.29, 1.82) is 0 Å². The molecular formula is C23H17F4N3OS. The molecule has 32 heavy (non-hydrogen) atoms. The van der Waals surface area contributed by atoms with Crippen molar-refractivity contribution in [1.82, 2.24) is 9.97 Å². The molecule has 0 bridgehead atoms. The molecule has 0 aliphatic heterocycles. The fourth-order valence-electron chi connectivity index (χ4n) is 3.47. The van der Waals surface area contributed by atoms with Crippen LogP contribution < -0.4 is 4.72 Å². The number of rotatable bonds is 6. The van der Waals surface area contributed by atoms with Crippen LogP contribution >= 0.6 is 11.9 Å². The van der Waals surface area contributed by atoms with Gasteiger partial charge in [0.2, 0.25) is 5.78 Å². The monoisotopic (exact) mass is 459 g/mol. The lowest BCUT2D eigenvalue weighted by atomic mass is 9.97. The molecule has 0 spiro atoms. The summed E-state index contributed by atoms with van der Waals surface area (Å²) in [5.74, 6) is -4.40. The van der Waals surface area contributed by atoms with Gasteiger partial charge >= 0.3 is 0 Å². The second-order valence-electron chi connectivity index (χ2n) is 7.08. The summed E-state index contributed by atoms with van der Waals surface area (Å²) in [6, 6.07) is 4.86. The molecule has 0 unspecified atom stereocenters. The molecule has 0 saturated heterocycles. The molecule has 0 saturated carbocycles. The standard InChI is InChI=1S/C23H17F4N3OS/c1-3-12-9-28-23-19(11(12)2)14(10-29-23)22(31)20-16(26)6-7-17(21(20)27)30-32-18-8-13(24)4-5-15(18)25/h4-10,30H,3H2,1-2H3,(H,28,29). The van der Waals surface area contributed by atoms with Crippen molar-refractivity contribution < 1.29 is 22.4 Å². The third-order valence-corrected chi connectivity index (χ3v) is 6.03. The molecule has 2 N–H and O–H groups in total. The van der Waals surface area contributed by atoms with Crippen LogP contribution in [-0.2, 0) is 6.42 Å². The highest BCUT2D eigenvalue weighted by Gasteiger charge is 2.25. The normalized spacial score (nSPS) is 11.2. The van der Waals surface area contributed by atoms with Gasteiger partial charge in [-0.05, 0) is 66.8 Å². The van der Waals surface area contributed by atoms with Crippen LogP contribution in [0, 0.1) is 30.2 Å². The third kappa shape index (κ3) is 3.84. The molecule has 2 aromatic heterocycles. The molecule has 164 valence electrons. The molecule has 0 aliphatic carbocycles. The summed E-state index contributed by atoms with van der Waals surface area (Å²) in [4.78, 5) is 20.2. The number of benzene rings is 2. The van der Waals surface area contributed by atoms with Crippen molar-refractivity contribution in [3.05, 3.63) is 88.2 Å². The number of fused-ring (bicyclic) bond motifs is 1. The highest BCUT2D eigenvalue weighted by molar-refractivity contribution is 8.00. The number of pyridine rings is 1.